The van der Waals surface area contributed by atoms with Gasteiger partial charge in [-0.05, 0) is 63.2 Å². The van der Waals surface area contributed by atoms with E-state index < -0.39 is 23.0 Å². The second kappa shape index (κ2) is 5.49. The summed E-state index contributed by atoms with van der Waals surface area (Å²) in [6.45, 7) is 5.29. The van der Waals surface area contributed by atoms with Gasteiger partial charge in [-0.2, -0.15) is 0 Å². The number of hydrogen-bond donors (Lipinski definition) is 3. The Labute approximate surface area is 154 Å². The Balaban J connectivity index is 1.82. The Morgan fingerprint density at radius 3 is 2.54 bits per heavy atom. The van der Waals surface area contributed by atoms with Crippen molar-refractivity contribution >= 4 is 11.6 Å². The van der Waals surface area contributed by atoms with Crippen LogP contribution >= 0.6 is 0 Å². The highest BCUT2D eigenvalue weighted by molar-refractivity contribution is 5.95. The van der Waals surface area contributed by atoms with Crippen LogP contribution in [0.3, 0.4) is 0 Å². The van der Waals surface area contributed by atoms with Crippen molar-refractivity contribution in [2.75, 3.05) is 0 Å². The van der Waals surface area contributed by atoms with Gasteiger partial charge in [0.2, 0.25) is 0 Å². The molecule has 8 atom stereocenters. The molecule has 0 unspecified atom stereocenters. The van der Waals surface area contributed by atoms with Crippen LogP contribution in [0.1, 0.15) is 59.3 Å². The number of aliphatic hydroxyl groups is 3. The molecule has 0 heterocycles. The predicted octanol–water partition coefficient (Wildman–Crippen LogP) is 1.78. The second-order valence-corrected chi connectivity index (χ2v) is 9.56. The van der Waals surface area contributed by atoms with Gasteiger partial charge >= 0.3 is 0 Å². The number of carbonyl (C=O) groups excluding carboxylic acids is 2. The zero-order valence-electron chi connectivity index (χ0n) is 15.9. The number of allylic oxidation sites excluding steroid dienone is 1. The first-order valence-corrected chi connectivity index (χ1v) is 9.88. The van der Waals surface area contributed by atoms with Crippen molar-refractivity contribution in [3.8, 4) is 0 Å². The second-order valence-electron chi connectivity index (χ2n) is 9.56. The number of aliphatic hydroxyl groups excluding tert-OH is 2. The molecule has 0 aromatic rings. The first-order chi connectivity index (χ1) is 12.1. The van der Waals surface area contributed by atoms with E-state index in [0.717, 1.165) is 6.42 Å². The fourth-order valence-electron chi connectivity index (χ4n) is 6.99. The quantitative estimate of drug-likeness (QED) is 0.618. The minimum absolute atomic E-state index is 0.0547. The van der Waals surface area contributed by atoms with Crippen molar-refractivity contribution in [1.82, 2.24) is 0 Å². The molecule has 144 valence electrons. The molecule has 0 bridgehead atoms. The Bertz CT molecular complexity index is 699. The number of fused-ring (bicyclic) bond motifs is 5. The van der Waals surface area contributed by atoms with Crippen LogP contribution < -0.4 is 0 Å². The van der Waals surface area contributed by atoms with Gasteiger partial charge in [0.05, 0.1) is 17.6 Å². The average molecular weight is 362 g/mol. The van der Waals surface area contributed by atoms with Crippen LogP contribution in [-0.4, -0.2) is 44.7 Å². The highest BCUT2D eigenvalue weighted by Gasteiger charge is 2.73. The third-order valence-corrected chi connectivity index (χ3v) is 8.64. The largest absolute Gasteiger partial charge is 0.393 e. The molecular formula is C21H30O5. The van der Waals surface area contributed by atoms with Crippen LogP contribution in [0.25, 0.3) is 0 Å². The minimum atomic E-state index is -1.57. The molecule has 3 saturated carbocycles. The molecule has 0 amide bonds. The molecule has 0 saturated heterocycles. The van der Waals surface area contributed by atoms with Gasteiger partial charge in [0, 0.05) is 12.3 Å². The van der Waals surface area contributed by atoms with Gasteiger partial charge in [0.25, 0.3) is 0 Å². The molecule has 0 aliphatic heterocycles. The van der Waals surface area contributed by atoms with Crippen molar-refractivity contribution in [2.24, 2.45) is 28.6 Å². The lowest BCUT2D eigenvalue weighted by Gasteiger charge is -2.60. The lowest BCUT2D eigenvalue weighted by molar-refractivity contribution is -0.209. The van der Waals surface area contributed by atoms with E-state index in [1.807, 2.05) is 0 Å². The lowest BCUT2D eigenvalue weighted by atomic mass is 9.45. The maximum absolute atomic E-state index is 13.3. The number of ketones is 2. The SMILES string of the molecule is CC(=O)[C@H]1C[C@H](O)[C@]2(O)[C@@H]3CC=C4C[C@@H](O)CC[C@]4(C)[C@H]3CC(=O)[C@]12C. The topological polar surface area (TPSA) is 94.8 Å². The first kappa shape index (κ1) is 18.3. The molecule has 5 heteroatoms. The molecule has 4 rings (SSSR count). The van der Waals surface area contributed by atoms with Crippen LogP contribution in [0.5, 0.6) is 0 Å². The summed E-state index contributed by atoms with van der Waals surface area (Å²) < 4.78 is 0. The molecule has 3 fully saturated rings. The standard InChI is InChI=1S/C21H30O5/c1-11(22)15-9-18(25)21(26)14-5-4-12-8-13(23)6-7-19(12,2)16(14)10-17(24)20(15,21)3/h4,13-16,18,23,25-26H,5-10H2,1-3H3/t13-,14+,15+,16-,18-,19-,20-,21+/m0/s1. The van der Waals surface area contributed by atoms with E-state index in [1.54, 1.807) is 6.92 Å². The summed E-state index contributed by atoms with van der Waals surface area (Å²) in [6, 6.07) is 0. The van der Waals surface area contributed by atoms with Gasteiger partial charge in [0.1, 0.15) is 17.2 Å². The predicted molar refractivity (Wildman–Crippen MR) is 95.1 cm³/mol. The third-order valence-electron chi connectivity index (χ3n) is 8.64. The van der Waals surface area contributed by atoms with E-state index in [2.05, 4.69) is 13.0 Å². The third kappa shape index (κ3) is 1.97. The molecule has 26 heavy (non-hydrogen) atoms. The first-order valence-electron chi connectivity index (χ1n) is 9.88. The summed E-state index contributed by atoms with van der Waals surface area (Å²) in [5.74, 6) is -1.14. The van der Waals surface area contributed by atoms with Gasteiger partial charge < -0.3 is 15.3 Å². The maximum atomic E-state index is 13.3. The van der Waals surface area contributed by atoms with Crippen molar-refractivity contribution in [3.05, 3.63) is 11.6 Å². The van der Waals surface area contributed by atoms with Gasteiger partial charge in [-0.1, -0.05) is 18.6 Å². The summed E-state index contributed by atoms with van der Waals surface area (Å²) in [5.41, 5.74) is -1.82. The van der Waals surface area contributed by atoms with Gasteiger partial charge in [-0.15, -0.1) is 0 Å². The average Bonchev–Trinajstić information content (AvgIpc) is 2.79. The highest BCUT2D eigenvalue weighted by atomic mass is 16.3. The van der Waals surface area contributed by atoms with Gasteiger partial charge in [0.15, 0.2) is 0 Å². The van der Waals surface area contributed by atoms with Crippen molar-refractivity contribution in [1.29, 1.82) is 0 Å². The fourth-order valence-corrected chi connectivity index (χ4v) is 6.99. The Kier molecular flexibility index (Phi) is 3.87. The van der Waals surface area contributed by atoms with Gasteiger partial charge in [-0.25, -0.2) is 0 Å². The summed E-state index contributed by atoms with van der Waals surface area (Å²) in [7, 11) is 0. The molecular weight excluding hydrogens is 332 g/mol. The van der Waals surface area contributed by atoms with E-state index in [0.29, 0.717) is 25.7 Å². The van der Waals surface area contributed by atoms with Crippen LogP contribution in [0.15, 0.2) is 11.6 Å². The van der Waals surface area contributed by atoms with Gasteiger partial charge in [-0.3, -0.25) is 9.59 Å². The Hall–Kier alpha value is -1.04. The molecule has 4 aliphatic carbocycles. The van der Waals surface area contributed by atoms with Crippen molar-refractivity contribution < 1.29 is 24.9 Å². The molecule has 5 nitrogen and oxygen atoms in total. The van der Waals surface area contributed by atoms with E-state index in [4.69, 9.17) is 0 Å². The zero-order valence-corrected chi connectivity index (χ0v) is 15.9. The smallest absolute Gasteiger partial charge is 0.142 e. The minimum Gasteiger partial charge on any atom is -0.393 e. The van der Waals surface area contributed by atoms with Crippen LogP contribution in [0.2, 0.25) is 0 Å². The lowest BCUT2D eigenvalue weighted by Crippen LogP contribution is -2.67. The molecule has 3 N–H and O–H groups in total. The monoisotopic (exact) mass is 362 g/mol. The van der Waals surface area contributed by atoms with E-state index in [9.17, 15) is 24.9 Å². The number of Topliss-reactive ketones (excluding diaryl/α,β-unsaturated/α-hetero) is 2. The van der Waals surface area contributed by atoms with Crippen LogP contribution in [0.4, 0.5) is 0 Å². The summed E-state index contributed by atoms with van der Waals surface area (Å²) in [5, 5.41) is 32.7. The zero-order chi connectivity index (χ0) is 19.1. The molecule has 0 radical (unpaired) electrons. The summed E-state index contributed by atoms with van der Waals surface area (Å²) in [6.07, 6.45) is 3.90. The molecule has 0 aromatic heterocycles. The van der Waals surface area contributed by atoms with Crippen molar-refractivity contribution in [2.45, 2.75) is 77.1 Å². The van der Waals surface area contributed by atoms with Crippen LogP contribution in [0, 0.1) is 28.6 Å². The molecule has 4 aliphatic rings. The number of hydrogen-bond acceptors (Lipinski definition) is 5. The summed E-state index contributed by atoms with van der Waals surface area (Å²) in [4.78, 5) is 25.5. The highest BCUT2D eigenvalue weighted by Crippen LogP contribution is 2.66. The van der Waals surface area contributed by atoms with Crippen LogP contribution in [-0.2, 0) is 9.59 Å². The fraction of sp³-hybridized carbons (Fsp3) is 0.810. The van der Waals surface area contributed by atoms with E-state index >= 15 is 0 Å². The summed E-state index contributed by atoms with van der Waals surface area (Å²) >= 11 is 0. The van der Waals surface area contributed by atoms with Crippen molar-refractivity contribution in [3.63, 3.8) is 0 Å². The number of rotatable bonds is 1. The molecule has 0 aromatic carbocycles. The van der Waals surface area contributed by atoms with E-state index in [-0.39, 0.29) is 41.3 Å². The van der Waals surface area contributed by atoms with E-state index in [1.165, 1.54) is 12.5 Å². The Morgan fingerprint density at radius 1 is 1.19 bits per heavy atom. The number of carbonyl (C=O) groups is 2. The molecule has 0 spiro atoms. The maximum Gasteiger partial charge on any atom is 0.142 e. The normalized spacial score (nSPS) is 53.4. The Morgan fingerprint density at radius 2 is 1.88 bits per heavy atom.